The van der Waals surface area contributed by atoms with Crippen molar-refractivity contribution < 1.29 is 9.47 Å². The van der Waals surface area contributed by atoms with E-state index in [1.807, 2.05) is 13.8 Å². The summed E-state index contributed by atoms with van der Waals surface area (Å²) in [6.45, 7) is 6.74. The van der Waals surface area contributed by atoms with Gasteiger partial charge in [0.25, 0.3) is 0 Å². The molecule has 0 unspecified atom stereocenters. The lowest BCUT2D eigenvalue weighted by Gasteiger charge is -2.28. The van der Waals surface area contributed by atoms with Crippen LogP contribution in [0.3, 0.4) is 0 Å². The van der Waals surface area contributed by atoms with E-state index in [1.54, 1.807) is 6.26 Å². The summed E-state index contributed by atoms with van der Waals surface area (Å²) in [7, 11) is 0. The van der Waals surface area contributed by atoms with Crippen LogP contribution in [0.25, 0.3) is 0 Å². The average Bonchev–Trinajstić information content (AvgIpc) is 2.78. The highest BCUT2D eigenvalue weighted by Gasteiger charge is 2.25. The average molecular weight is 433 g/mol. The van der Waals surface area contributed by atoms with Crippen molar-refractivity contribution in [2.45, 2.75) is 21.3 Å². The van der Waals surface area contributed by atoms with Crippen LogP contribution >= 0.6 is 6.89 Å². The topological polar surface area (TPSA) is 18.5 Å². The predicted molar refractivity (Wildman–Crippen MR) is 138 cm³/mol. The van der Waals surface area contributed by atoms with E-state index >= 15 is 0 Å². The van der Waals surface area contributed by atoms with Gasteiger partial charge in [0.2, 0.25) is 0 Å². The first kappa shape index (κ1) is 24.5. The van der Waals surface area contributed by atoms with Crippen LogP contribution in [0.4, 0.5) is 0 Å². The third kappa shape index (κ3) is 6.34. The van der Waals surface area contributed by atoms with Crippen molar-refractivity contribution in [1.82, 2.24) is 0 Å². The Balaban J connectivity index is 0.00000341. The molecule has 0 atom stereocenters. The van der Waals surface area contributed by atoms with Gasteiger partial charge in [-0.05, 0) is 47.8 Å². The fourth-order valence-electron chi connectivity index (χ4n) is 3.26. The van der Waals surface area contributed by atoms with Crippen molar-refractivity contribution in [1.29, 1.82) is 0 Å². The SMILES string of the molecule is C.C=C(C)CO/C=C(\C)COC=P(c1ccccc1)(c1ccccc1)c1ccccc1. The molecule has 162 valence electrons. The third-order valence-electron chi connectivity index (χ3n) is 4.65. The maximum absolute atomic E-state index is 6.24. The smallest absolute Gasteiger partial charge is 0.108 e. The van der Waals surface area contributed by atoms with Gasteiger partial charge in [-0.1, -0.05) is 105 Å². The van der Waals surface area contributed by atoms with Gasteiger partial charge in [0.15, 0.2) is 0 Å². The molecule has 3 heteroatoms. The van der Waals surface area contributed by atoms with Crippen molar-refractivity contribution in [2.24, 2.45) is 0 Å². The predicted octanol–water partition coefficient (Wildman–Crippen LogP) is 5.89. The second kappa shape index (κ2) is 12.2. The lowest BCUT2D eigenvalue weighted by molar-refractivity contribution is 0.269. The largest absolute Gasteiger partial charge is 0.497 e. The molecule has 3 aromatic rings. The molecule has 0 radical (unpaired) electrons. The zero-order valence-electron chi connectivity index (χ0n) is 17.7. The lowest BCUT2D eigenvalue weighted by Crippen LogP contribution is -2.27. The van der Waals surface area contributed by atoms with Gasteiger partial charge in [-0.25, -0.2) is 0 Å². The first-order valence-corrected chi connectivity index (χ1v) is 11.9. The molecule has 0 fully saturated rings. The molecule has 0 aliphatic rings. The molecule has 0 saturated heterocycles. The Morgan fingerprint density at radius 1 is 0.710 bits per heavy atom. The third-order valence-corrected chi connectivity index (χ3v) is 8.45. The molecule has 0 amide bonds. The standard InChI is InChI=1S/C27H29O2P.CH4/c1-23(2)19-28-20-24(3)21-29-22-30(25-13-7-4-8-14-25,26-15-9-5-10-16-26)27-17-11-6-12-18-27;/h4-18,20,22H,1,19,21H2,2-3H3;1H4/b24-20+;. The van der Waals surface area contributed by atoms with Gasteiger partial charge in [0.05, 0.1) is 12.9 Å². The van der Waals surface area contributed by atoms with Crippen LogP contribution in [0.5, 0.6) is 0 Å². The van der Waals surface area contributed by atoms with Gasteiger partial charge in [0, 0.05) is 5.98 Å². The Kier molecular flexibility index (Phi) is 9.59. The number of ether oxygens (including phenoxy) is 2. The molecule has 0 aliphatic heterocycles. The minimum absolute atomic E-state index is 0. The minimum Gasteiger partial charge on any atom is -0.497 e. The van der Waals surface area contributed by atoms with Crippen molar-refractivity contribution in [2.75, 3.05) is 13.2 Å². The molecule has 31 heavy (non-hydrogen) atoms. The van der Waals surface area contributed by atoms with Crippen molar-refractivity contribution >= 4 is 28.8 Å². The molecular formula is C28H33O2P. The summed E-state index contributed by atoms with van der Waals surface area (Å²) < 4.78 is 11.8. The summed E-state index contributed by atoms with van der Waals surface area (Å²) >= 11 is 0. The van der Waals surface area contributed by atoms with Crippen LogP contribution in [0, 0.1) is 0 Å². The minimum atomic E-state index is -2.08. The quantitative estimate of drug-likeness (QED) is 0.238. The summed E-state index contributed by atoms with van der Waals surface area (Å²) in [5.41, 5.74) is 2.02. The summed E-state index contributed by atoms with van der Waals surface area (Å²) in [5.74, 6) is 2.07. The van der Waals surface area contributed by atoms with E-state index in [2.05, 4.69) is 104 Å². The van der Waals surface area contributed by atoms with Gasteiger partial charge < -0.3 is 9.47 Å². The zero-order valence-corrected chi connectivity index (χ0v) is 18.6. The normalized spacial score (nSPS) is 11.4. The van der Waals surface area contributed by atoms with E-state index in [0.717, 1.165) is 11.1 Å². The van der Waals surface area contributed by atoms with Crippen LogP contribution in [0.15, 0.2) is 115 Å². The van der Waals surface area contributed by atoms with Crippen LogP contribution in [0.1, 0.15) is 21.3 Å². The summed E-state index contributed by atoms with van der Waals surface area (Å²) in [6.07, 6.45) is 1.76. The summed E-state index contributed by atoms with van der Waals surface area (Å²) in [4.78, 5) is 0. The van der Waals surface area contributed by atoms with Gasteiger partial charge in [-0.3, -0.25) is 0 Å². The van der Waals surface area contributed by atoms with Crippen molar-refractivity contribution in [3.8, 4) is 0 Å². The highest BCUT2D eigenvalue weighted by molar-refractivity contribution is 7.94. The monoisotopic (exact) mass is 432 g/mol. The van der Waals surface area contributed by atoms with E-state index in [0.29, 0.717) is 13.2 Å². The molecule has 0 heterocycles. The Labute approximate surface area is 187 Å². The van der Waals surface area contributed by atoms with Crippen LogP contribution < -0.4 is 15.9 Å². The maximum Gasteiger partial charge on any atom is 0.108 e. The van der Waals surface area contributed by atoms with E-state index < -0.39 is 6.89 Å². The molecule has 2 nitrogen and oxygen atoms in total. The lowest BCUT2D eigenvalue weighted by atomic mass is 10.3. The molecule has 3 rings (SSSR count). The van der Waals surface area contributed by atoms with E-state index in [1.165, 1.54) is 15.9 Å². The molecule has 0 aliphatic carbocycles. The fraction of sp³-hybridized carbons (Fsp3) is 0.179. The van der Waals surface area contributed by atoms with Gasteiger partial charge in [-0.15, -0.1) is 0 Å². The summed E-state index contributed by atoms with van der Waals surface area (Å²) in [6, 6.07) is 32.0. The number of hydrogen-bond acceptors (Lipinski definition) is 2. The molecule has 0 aromatic heterocycles. The molecule has 0 N–H and O–H groups in total. The first-order chi connectivity index (χ1) is 14.6. The fourth-order valence-corrected chi connectivity index (χ4v) is 6.74. The molecule has 0 saturated carbocycles. The second-order valence-corrected chi connectivity index (χ2v) is 10.6. The zero-order chi connectivity index (χ0) is 21.2. The molecule has 3 aromatic carbocycles. The van der Waals surface area contributed by atoms with Crippen LogP contribution in [-0.2, 0) is 9.47 Å². The summed E-state index contributed by atoms with van der Waals surface area (Å²) in [5, 5.41) is 3.80. The highest BCUT2D eigenvalue weighted by atomic mass is 31.2. The maximum atomic E-state index is 6.24. The molecule has 0 bridgehead atoms. The van der Waals surface area contributed by atoms with Crippen LogP contribution in [-0.4, -0.2) is 19.2 Å². The van der Waals surface area contributed by atoms with E-state index in [9.17, 15) is 0 Å². The second-order valence-electron chi connectivity index (χ2n) is 7.38. The van der Waals surface area contributed by atoms with Gasteiger partial charge in [0.1, 0.15) is 6.61 Å². The number of benzene rings is 3. The van der Waals surface area contributed by atoms with E-state index in [-0.39, 0.29) is 7.43 Å². The molecular weight excluding hydrogens is 399 g/mol. The Bertz CT molecular complexity index is 919. The number of rotatable bonds is 9. The first-order valence-electron chi connectivity index (χ1n) is 10.1. The van der Waals surface area contributed by atoms with Gasteiger partial charge >= 0.3 is 0 Å². The van der Waals surface area contributed by atoms with Gasteiger partial charge in [-0.2, -0.15) is 0 Å². The number of hydrogen-bond donors (Lipinski definition) is 0. The highest BCUT2D eigenvalue weighted by Crippen LogP contribution is 2.43. The Hall–Kier alpha value is -2.80. The van der Waals surface area contributed by atoms with Crippen LogP contribution in [0.2, 0.25) is 0 Å². The Morgan fingerprint density at radius 2 is 1.13 bits per heavy atom. The van der Waals surface area contributed by atoms with Crippen molar-refractivity contribution in [3.05, 3.63) is 115 Å². The molecule has 0 spiro atoms. The van der Waals surface area contributed by atoms with E-state index in [4.69, 9.17) is 9.47 Å². The van der Waals surface area contributed by atoms with Crippen molar-refractivity contribution in [3.63, 3.8) is 0 Å². The Morgan fingerprint density at radius 3 is 1.52 bits per heavy atom.